The van der Waals surface area contributed by atoms with E-state index in [1.807, 2.05) is 23.9 Å². The summed E-state index contributed by atoms with van der Waals surface area (Å²) >= 11 is 0. The zero-order valence-electron chi connectivity index (χ0n) is 17.1. The molecule has 0 spiro atoms. The van der Waals surface area contributed by atoms with Crippen molar-refractivity contribution < 1.29 is 4.74 Å². The summed E-state index contributed by atoms with van der Waals surface area (Å²) < 4.78 is 7.52. The molecule has 1 aliphatic carbocycles. The summed E-state index contributed by atoms with van der Waals surface area (Å²) in [6.07, 6.45) is 6.65. The smallest absolute Gasteiger partial charge is 0.191 e. The van der Waals surface area contributed by atoms with Gasteiger partial charge in [-0.05, 0) is 31.9 Å². The van der Waals surface area contributed by atoms with E-state index in [-0.39, 0.29) is 29.4 Å². The lowest BCUT2D eigenvalue weighted by atomic mass is 9.78. The van der Waals surface area contributed by atoms with Crippen molar-refractivity contribution in [3.05, 3.63) is 47.8 Å². The highest BCUT2D eigenvalue weighted by molar-refractivity contribution is 14.0. The van der Waals surface area contributed by atoms with Crippen LogP contribution in [0.4, 0.5) is 0 Å². The van der Waals surface area contributed by atoms with E-state index in [1.54, 1.807) is 13.3 Å². The van der Waals surface area contributed by atoms with Crippen LogP contribution in [0.2, 0.25) is 0 Å². The van der Waals surface area contributed by atoms with Crippen LogP contribution in [0.5, 0.6) is 5.75 Å². The predicted octanol–water partition coefficient (Wildman–Crippen LogP) is 3.61. The number of aromatic nitrogens is 2. The zero-order valence-corrected chi connectivity index (χ0v) is 19.4. The van der Waals surface area contributed by atoms with Crippen molar-refractivity contribution in [2.75, 3.05) is 20.2 Å². The van der Waals surface area contributed by atoms with E-state index in [2.05, 4.69) is 40.9 Å². The first kappa shape index (κ1) is 22.5. The van der Waals surface area contributed by atoms with Gasteiger partial charge < -0.3 is 15.4 Å². The van der Waals surface area contributed by atoms with Gasteiger partial charge in [-0.2, -0.15) is 5.10 Å². The second-order valence-electron chi connectivity index (χ2n) is 7.18. The Bertz CT molecular complexity index is 768. The van der Waals surface area contributed by atoms with Gasteiger partial charge in [-0.15, -0.1) is 24.0 Å². The van der Waals surface area contributed by atoms with Gasteiger partial charge in [0.2, 0.25) is 0 Å². The van der Waals surface area contributed by atoms with Crippen molar-refractivity contribution in [2.24, 2.45) is 12.0 Å². The molecule has 7 heteroatoms. The third-order valence-electron chi connectivity index (χ3n) is 5.50. The van der Waals surface area contributed by atoms with Gasteiger partial charge in [0.05, 0.1) is 19.3 Å². The summed E-state index contributed by atoms with van der Waals surface area (Å²) in [4.78, 5) is 4.75. The number of benzene rings is 1. The van der Waals surface area contributed by atoms with Crippen LogP contribution in [0.1, 0.15) is 43.9 Å². The first-order chi connectivity index (χ1) is 13.2. The molecule has 1 saturated carbocycles. The molecule has 3 rings (SSSR count). The first-order valence-corrected chi connectivity index (χ1v) is 9.81. The van der Waals surface area contributed by atoms with Crippen LogP contribution >= 0.6 is 24.0 Å². The molecule has 1 aromatic carbocycles. The van der Waals surface area contributed by atoms with Crippen LogP contribution in [0, 0.1) is 0 Å². The SMILES string of the molecule is CCNC(=NCc1ccnn1C)NCC1(c2ccccc2OC)CCCC1.I. The molecule has 154 valence electrons. The van der Waals surface area contributed by atoms with Crippen LogP contribution in [-0.4, -0.2) is 35.9 Å². The number of hydrogen-bond acceptors (Lipinski definition) is 3. The van der Waals surface area contributed by atoms with Gasteiger partial charge >= 0.3 is 0 Å². The van der Waals surface area contributed by atoms with Crippen molar-refractivity contribution >= 4 is 29.9 Å². The third-order valence-corrected chi connectivity index (χ3v) is 5.50. The number of para-hydroxylation sites is 1. The quantitative estimate of drug-likeness (QED) is 0.349. The molecule has 1 aromatic heterocycles. The number of halogens is 1. The minimum atomic E-state index is 0. The van der Waals surface area contributed by atoms with E-state index in [4.69, 9.17) is 9.73 Å². The largest absolute Gasteiger partial charge is 0.496 e. The van der Waals surface area contributed by atoms with E-state index < -0.39 is 0 Å². The maximum atomic E-state index is 5.66. The van der Waals surface area contributed by atoms with Crippen LogP contribution < -0.4 is 15.4 Å². The molecule has 0 bridgehead atoms. The fraction of sp³-hybridized carbons (Fsp3) is 0.524. The maximum Gasteiger partial charge on any atom is 0.191 e. The number of nitrogens with zero attached hydrogens (tertiary/aromatic N) is 3. The fourth-order valence-corrected chi connectivity index (χ4v) is 3.99. The molecule has 2 aromatic rings. The molecule has 1 fully saturated rings. The predicted molar refractivity (Wildman–Crippen MR) is 125 cm³/mol. The topological polar surface area (TPSA) is 63.5 Å². The van der Waals surface area contributed by atoms with Gasteiger partial charge in [-0.3, -0.25) is 4.68 Å². The van der Waals surface area contributed by atoms with Gasteiger partial charge in [-0.1, -0.05) is 31.0 Å². The van der Waals surface area contributed by atoms with Crippen molar-refractivity contribution in [2.45, 2.75) is 44.6 Å². The van der Waals surface area contributed by atoms with E-state index in [1.165, 1.54) is 31.2 Å². The molecule has 2 N–H and O–H groups in total. The van der Waals surface area contributed by atoms with Crippen molar-refractivity contribution in [1.29, 1.82) is 0 Å². The molecule has 0 radical (unpaired) electrons. The van der Waals surface area contributed by atoms with Crippen molar-refractivity contribution in [1.82, 2.24) is 20.4 Å². The maximum absolute atomic E-state index is 5.66. The minimum Gasteiger partial charge on any atom is -0.496 e. The first-order valence-electron chi connectivity index (χ1n) is 9.81. The lowest BCUT2D eigenvalue weighted by Gasteiger charge is -2.32. The molecule has 6 nitrogen and oxygen atoms in total. The molecule has 0 aliphatic heterocycles. The number of hydrogen-bond donors (Lipinski definition) is 2. The number of methoxy groups -OCH3 is 1. The molecule has 1 heterocycles. The van der Waals surface area contributed by atoms with Crippen LogP contribution in [-0.2, 0) is 19.0 Å². The molecule has 1 aliphatic rings. The Morgan fingerprint density at radius 2 is 1.96 bits per heavy atom. The average molecular weight is 497 g/mol. The summed E-state index contributed by atoms with van der Waals surface area (Å²) in [5, 5.41) is 11.2. The van der Waals surface area contributed by atoms with Gasteiger partial charge in [0.25, 0.3) is 0 Å². The van der Waals surface area contributed by atoms with Crippen molar-refractivity contribution in [3.63, 3.8) is 0 Å². The summed E-state index contributed by atoms with van der Waals surface area (Å²) in [6.45, 7) is 4.38. The second-order valence-corrected chi connectivity index (χ2v) is 7.18. The van der Waals surface area contributed by atoms with E-state index >= 15 is 0 Å². The van der Waals surface area contributed by atoms with Crippen LogP contribution in [0.25, 0.3) is 0 Å². The summed E-state index contributed by atoms with van der Waals surface area (Å²) in [5.74, 6) is 1.83. The Labute approximate surface area is 185 Å². The van der Waals surface area contributed by atoms with E-state index in [9.17, 15) is 0 Å². The number of rotatable bonds is 7. The van der Waals surface area contributed by atoms with Gasteiger partial charge in [-0.25, -0.2) is 4.99 Å². The standard InChI is InChI=1S/C21H31N5O.HI/c1-4-22-20(23-15-17-11-14-25-26(17)2)24-16-21(12-7-8-13-21)18-9-5-6-10-19(18)27-3;/h5-6,9-11,14H,4,7-8,12-13,15-16H2,1-3H3,(H2,22,23,24);1H. The summed E-state index contributed by atoms with van der Waals surface area (Å²) in [7, 11) is 3.70. The third kappa shape index (κ3) is 5.18. The number of aryl methyl sites for hydroxylation is 1. The molecule has 0 amide bonds. The highest BCUT2D eigenvalue weighted by Crippen LogP contribution is 2.44. The summed E-state index contributed by atoms with van der Waals surface area (Å²) in [5.41, 5.74) is 2.49. The molecular formula is C21H32IN5O. The Kier molecular flexibility index (Phi) is 8.59. The lowest BCUT2D eigenvalue weighted by molar-refractivity contribution is 0.371. The lowest BCUT2D eigenvalue weighted by Crippen LogP contribution is -2.44. The van der Waals surface area contributed by atoms with E-state index in [0.29, 0.717) is 6.54 Å². The Balaban J connectivity index is 0.00000280. The Morgan fingerprint density at radius 1 is 1.21 bits per heavy atom. The minimum absolute atomic E-state index is 0. The Morgan fingerprint density at radius 3 is 2.61 bits per heavy atom. The molecular weight excluding hydrogens is 465 g/mol. The number of nitrogens with one attached hydrogen (secondary N) is 2. The van der Waals surface area contributed by atoms with Gasteiger partial charge in [0.15, 0.2) is 5.96 Å². The number of guanidine groups is 1. The summed E-state index contributed by atoms with van der Waals surface area (Å²) in [6, 6.07) is 10.4. The van der Waals surface area contributed by atoms with Crippen LogP contribution in [0.15, 0.2) is 41.5 Å². The monoisotopic (exact) mass is 497 g/mol. The molecule has 0 unspecified atom stereocenters. The average Bonchev–Trinajstić information content (AvgIpc) is 3.34. The zero-order chi connectivity index (χ0) is 19.1. The van der Waals surface area contributed by atoms with Gasteiger partial charge in [0, 0.05) is 37.3 Å². The number of ether oxygens (including phenoxy) is 1. The second kappa shape index (κ2) is 10.7. The van der Waals surface area contributed by atoms with Crippen LogP contribution in [0.3, 0.4) is 0 Å². The molecule has 0 saturated heterocycles. The van der Waals surface area contributed by atoms with Gasteiger partial charge in [0.1, 0.15) is 5.75 Å². The highest BCUT2D eigenvalue weighted by Gasteiger charge is 2.37. The fourth-order valence-electron chi connectivity index (χ4n) is 3.99. The van der Waals surface area contributed by atoms with Crippen molar-refractivity contribution in [3.8, 4) is 5.75 Å². The highest BCUT2D eigenvalue weighted by atomic mass is 127. The molecule has 28 heavy (non-hydrogen) atoms. The van der Waals surface area contributed by atoms with E-state index in [0.717, 1.165) is 30.5 Å². The molecule has 0 atom stereocenters. The number of aliphatic imine (C=N–C) groups is 1. The normalized spacial score (nSPS) is 15.8. The Hall–Kier alpha value is -1.77.